The molecule has 0 aliphatic heterocycles. The van der Waals surface area contributed by atoms with E-state index in [0.29, 0.717) is 5.95 Å². The average Bonchev–Trinajstić information content (AvgIpc) is 3.28. The number of anilines is 2. The van der Waals surface area contributed by atoms with Crippen LogP contribution < -0.4 is 10.1 Å². The van der Waals surface area contributed by atoms with Gasteiger partial charge in [0.05, 0.1) is 19.0 Å². The molecule has 7 heteroatoms. The van der Waals surface area contributed by atoms with Gasteiger partial charge in [-0.1, -0.05) is 0 Å². The molecule has 0 aliphatic rings. The normalized spacial score (nSPS) is 11.0. The fourth-order valence-electron chi connectivity index (χ4n) is 2.66. The molecule has 0 atom stereocenters. The molecule has 7 nitrogen and oxygen atoms in total. The van der Waals surface area contributed by atoms with Gasteiger partial charge in [0.15, 0.2) is 0 Å². The molecule has 1 aromatic carbocycles. The fourth-order valence-corrected chi connectivity index (χ4v) is 2.66. The van der Waals surface area contributed by atoms with E-state index in [4.69, 9.17) is 4.74 Å². The Bertz CT molecular complexity index is 1000. The van der Waals surface area contributed by atoms with Gasteiger partial charge in [-0.2, -0.15) is 10.1 Å². The number of fused-ring (bicyclic) bond motifs is 1. The molecule has 4 rings (SSSR count). The van der Waals surface area contributed by atoms with Crippen LogP contribution in [0.15, 0.2) is 55.1 Å². The molecule has 3 aromatic heterocycles. The number of aromatic nitrogens is 5. The minimum atomic E-state index is 0.539. The van der Waals surface area contributed by atoms with E-state index in [9.17, 15) is 0 Å². The van der Waals surface area contributed by atoms with Crippen molar-refractivity contribution in [1.82, 2.24) is 24.3 Å². The van der Waals surface area contributed by atoms with E-state index in [2.05, 4.69) is 20.4 Å². The van der Waals surface area contributed by atoms with Gasteiger partial charge >= 0.3 is 0 Å². The third-order valence-corrected chi connectivity index (χ3v) is 3.99. The van der Waals surface area contributed by atoms with Gasteiger partial charge in [0, 0.05) is 36.2 Å². The molecule has 25 heavy (non-hydrogen) atoms. The maximum atomic E-state index is 5.22. The average molecular weight is 334 g/mol. The Morgan fingerprint density at radius 2 is 1.96 bits per heavy atom. The Morgan fingerprint density at radius 3 is 2.68 bits per heavy atom. The Labute approximate surface area is 144 Å². The first-order chi connectivity index (χ1) is 12.3. The molecule has 3 heterocycles. The van der Waals surface area contributed by atoms with E-state index in [1.165, 1.54) is 0 Å². The second kappa shape index (κ2) is 6.27. The molecule has 1 N–H and O–H groups in total. The van der Waals surface area contributed by atoms with E-state index in [1.54, 1.807) is 13.3 Å². The lowest BCUT2D eigenvalue weighted by atomic mass is 10.3. The van der Waals surface area contributed by atoms with Gasteiger partial charge in [0.1, 0.15) is 11.4 Å². The van der Waals surface area contributed by atoms with Crippen molar-refractivity contribution < 1.29 is 4.74 Å². The highest BCUT2D eigenvalue weighted by Gasteiger charge is 2.08. The molecule has 4 aromatic rings. The van der Waals surface area contributed by atoms with E-state index in [1.807, 2.05) is 65.1 Å². The van der Waals surface area contributed by atoms with Crippen LogP contribution in [0.4, 0.5) is 11.6 Å². The fraction of sp³-hybridized carbons (Fsp3) is 0.167. The summed E-state index contributed by atoms with van der Waals surface area (Å²) >= 11 is 0. The van der Waals surface area contributed by atoms with Crippen molar-refractivity contribution in [2.75, 3.05) is 12.4 Å². The summed E-state index contributed by atoms with van der Waals surface area (Å²) in [7, 11) is 1.66. The zero-order valence-electron chi connectivity index (χ0n) is 14.0. The lowest BCUT2D eigenvalue weighted by molar-refractivity contribution is 0.415. The van der Waals surface area contributed by atoms with Gasteiger partial charge < -0.3 is 14.6 Å². The number of ether oxygens (including phenoxy) is 1. The third kappa shape index (κ3) is 2.91. The summed E-state index contributed by atoms with van der Waals surface area (Å²) in [5.41, 5.74) is 2.72. The van der Waals surface area contributed by atoms with Crippen LogP contribution in [-0.2, 0) is 6.54 Å². The summed E-state index contributed by atoms with van der Waals surface area (Å²) in [4.78, 5) is 9.04. The highest BCUT2D eigenvalue weighted by Crippen LogP contribution is 2.22. The van der Waals surface area contributed by atoms with Crippen molar-refractivity contribution in [3.05, 3.63) is 55.1 Å². The van der Waals surface area contributed by atoms with Crippen LogP contribution in [0.25, 0.3) is 16.7 Å². The number of rotatable bonds is 5. The minimum absolute atomic E-state index is 0.539. The number of nitrogens with zero attached hydrogens (tertiary/aromatic N) is 5. The van der Waals surface area contributed by atoms with Gasteiger partial charge in [-0.3, -0.25) is 4.68 Å². The molecule has 0 saturated heterocycles. The number of methoxy groups -OCH3 is 1. The van der Waals surface area contributed by atoms with Crippen LogP contribution in [0.1, 0.15) is 6.92 Å². The van der Waals surface area contributed by atoms with Crippen LogP contribution in [0.2, 0.25) is 0 Å². The smallest absolute Gasteiger partial charge is 0.229 e. The molecular weight excluding hydrogens is 316 g/mol. The molecule has 0 spiro atoms. The lowest BCUT2D eigenvalue weighted by Crippen LogP contribution is -1.99. The molecule has 0 saturated carbocycles. The van der Waals surface area contributed by atoms with Crippen molar-refractivity contribution in [1.29, 1.82) is 0 Å². The predicted molar refractivity (Wildman–Crippen MR) is 96.6 cm³/mol. The number of hydrogen-bond donors (Lipinski definition) is 1. The second-order valence-electron chi connectivity index (χ2n) is 5.57. The van der Waals surface area contributed by atoms with E-state index in [-0.39, 0.29) is 0 Å². The van der Waals surface area contributed by atoms with Gasteiger partial charge in [-0.25, -0.2) is 4.98 Å². The van der Waals surface area contributed by atoms with Gasteiger partial charge in [0.25, 0.3) is 0 Å². The Morgan fingerprint density at radius 1 is 1.12 bits per heavy atom. The zero-order valence-corrected chi connectivity index (χ0v) is 14.0. The Balaban J connectivity index is 1.69. The monoisotopic (exact) mass is 334 g/mol. The van der Waals surface area contributed by atoms with Crippen molar-refractivity contribution in [3.8, 4) is 11.4 Å². The summed E-state index contributed by atoms with van der Waals surface area (Å²) < 4.78 is 9.09. The number of hydrogen-bond acceptors (Lipinski definition) is 5. The summed E-state index contributed by atoms with van der Waals surface area (Å²) in [6, 6.07) is 9.86. The van der Waals surface area contributed by atoms with Crippen LogP contribution in [0, 0.1) is 0 Å². The SMILES string of the molecule is CCn1cc(Nc2ncc3ccn(-c4ccc(OC)cc4)c3n2)cn1. The molecule has 0 bridgehead atoms. The maximum absolute atomic E-state index is 5.22. The molecular formula is C18H18N6O. The number of benzene rings is 1. The molecule has 0 amide bonds. The van der Waals surface area contributed by atoms with Crippen molar-refractivity contribution in [2.45, 2.75) is 13.5 Å². The Hall–Kier alpha value is -3.35. The van der Waals surface area contributed by atoms with E-state index in [0.717, 1.165) is 34.7 Å². The summed E-state index contributed by atoms with van der Waals surface area (Å²) in [5, 5.41) is 8.42. The quantitative estimate of drug-likeness (QED) is 0.606. The standard InChI is InChI=1S/C18H18N6O/c1-3-23-12-14(11-20-23)21-18-19-10-13-8-9-24(17(13)22-18)15-4-6-16(25-2)7-5-15/h4-12H,3H2,1-2H3,(H,19,21,22). The molecule has 0 radical (unpaired) electrons. The highest BCUT2D eigenvalue weighted by atomic mass is 16.5. The van der Waals surface area contributed by atoms with Crippen molar-refractivity contribution >= 4 is 22.7 Å². The summed E-state index contributed by atoms with van der Waals surface area (Å²) in [5.74, 6) is 1.36. The molecule has 0 unspecified atom stereocenters. The molecule has 0 fully saturated rings. The van der Waals surface area contributed by atoms with Crippen LogP contribution in [-0.4, -0.2) is 31.4 Å². The van der Waals surface area contributed by atoms with E-state index >= 15 is 0 Å². The summed E-state index contributed by atoms with van der Waals surface area (Å²) in [6.45, 7) is 2.86. The topological polar surface area (TPSA) is 69.8 Å². The maximum Gasteiger partial charge on any atom is 0.229 e. The van der Waals surface area contributed by atoms with Crippen LogP contribution >= 0.6 is 0 Å². The van der Waals surface area contributed by atoms with Gasteiger partial charge in [0.2, 0.25) is 5.95 Å². The first-order valence-corrected chi connectivity index (χ1v) is 8.05. The lowest BCUT2D eigenvalue weighted by Gasteiger charge is -2.07. The number of nitrogens with one attached hydrogen (secondary N) is 1. The van der Waals surface area contributed by atoms with Crippen molar-refractivity contribution in [3.63, 3.8) is 0 Å². The zero-order chi connectivity index (χ0) is 17.2. The largest absolute Gasteiger partial charge is 0.497 e. The van der Waals surface area contributed by atoms with E-state index < -0.39 is 0 Å². The van der Waals surface area contributed by atoms with Crippen LogP contribution in [0.3, 0.4) is 0 Å². The summed E-state index contributed by atoms with van der Waals surface area (Å²) in [6.07, 6.45) is 7.49. The van der Waals surface area contributed by atoms with Crippen LogP contribution in [0.5, 0.6) is 5.75 Å². The first kappa shape index (κ1) is 15.2. The number of aryl methyl sites for hydroxylation is 1. The van der Waals surface area contributed by atoms with Gasteiger partial charge in [-0.15, -0.1) is 0 Å². The highest BCUT2D eigenvalue weighted by molar-refractivity contribution is 5.78. The van der Waals surface area contributed by atoms with Crippen molar-refractivity contribution in [2.24, 2.45) is 0 Å². The minimum Gasteiger partial charge on any atom is -0.497 e. The van der Waals surface area contributed by atoms with Gasteiger partial charge in [-0.05, 0) is 37.3 Å². The second-order valence-corrected chi connectivity index (χ2v) is 5.57. The third-order valence-electron chi connectivity index (χ3n) is 3.99. The first-order valence-electron chi connectivity index (χ1n) is 8.05. The molecule has 126 valence electrons. The predicted octanol–water partition coefficient (Wildman–Crippen LogP) is 3.39. The molecule has 0 aliphatic carbocycles. The Kier molecular flexibility index (Phi) is 3.81.